The lowest BCUT2D eigenvalue weighted by atomic mass is 10.1. The van der Waals surface area contributed by atoms with Crippen LogP contribution in [0.25, 0.3) is 0 Å². The molecule has 2 fully saturated rings. The summed E-state index contributed by atoms with van der Waals surface area (Å²) >= 11 is 0. The molecule has 24 heavy (non-hydrogen) atoms. The third-order valence-corrected chi connectivity index (χ3v) is 4.93. The molecule has 0 atom stereocenters. The molecule has 0 aromatic heterocycles. The van der Waals surface area contributed by atoms with Gasteiger partial charge >= 0.3 is 0 Å². The van der Waals surface area contributed by atoms with E-state index in [4.69, 9.17) is 4.74 Å². The Labute approximate surface area is 143 Å². The Morgan fingerprint density at radius 2 is 2.08 bits per heavy atom. The van der Waals surface area contributed by atoms with Crippen molar-refractivity contribution in [3.8, 4) is 5.75 Å². The molecule has 0 spiro atoms. The Morgan fingerprint density at radius 3 is 2.79 bits per heavy atom. The average Bonchev–Trinajstić information content (AvgIpc) is 3.21. The monoisotopic (exact) mass is 330 g/mol. The first-order chi connectivity index (χ1) is 11.6. The second-order valence-electron chi connectivity index (χ2n) is 6.74. The minimum absolute atomic E-state index is 0.0594. The van der Waals surface area contributed by atoms with E-state index in [1.54, 1.807) is 4.90 Å². The lowest BCUT2D eigenvalue weighted by Crippen LogP contribution is -2.28. The van der Waals surface area contributed by atoms with Crippen molar-refractivity contribution in [3.05, 3.63) is 23.8 Å². The van der Waals surface area contributed by atoms with Gasteiger partial charge in [0, 0.05) is 37.2 Å². The van der Waals surface area contributed by atoms with Crippen LogP contribution in [0.4, 0.5) is 5.69 Å². The molecule has 1 aromatic carbocycles. The molecule has 1 aromatic rings. The average molecular weight is 330 g/mol. The van der Waals surface area contributed by atoms with Gasteiger partial charge in [-0.15, -0.1) is 0 Å². The van der Waals surface area contributed by atoms with E-state index in [0.717, 1.165) is 42.8 Å². The lowest BCUT2D eigenvalue weighted by molar-refractivity contribution is -0.128. The smallest absolute Gasteiger partial charge is 0.226 e. The Balaban J connectivity index is 1.55. The third-order valence-electron chi connectivity index (χ3n) is 4.93. The third kappa shape index (κ3) is 4.08. The van der Waals surface area contributed by atoms with Gasteiger partial charge in [0.2, 0.25) is 11.8 Å². The van der Waals surface area contributed by atoms with Gasteiger partial charge in [0.25, 0.3) is 0 Å². The summed E-state index contributed by atoms with van der Waals surface area (Å²) in [5.74, 6) is 0.955. The zero-order chi connectivity index (χ0) is 16.9. The zero-order valence-corrected chi connectivity index (χ0v) is 14.3. The number of carbonyl (C=O) groups is 2. The van der Waals surface area contributed by atoms with Crippen LogP contribution in [-0.4, -0.2) is 35.9 Å². The predicted octanol–water partition coefficient (Wildman–Crippen LogP) is 3.27. The predicted molar refractivity (Wildman–Crippen MR) is 93.1 cm³/mol. The van der Waals surface area contributed by atoms with Crippen LogP contribution in [0.2, 0.25) is 0 Å². The first kappa shape index (κ1) is 16.8. The van der Waals surface area contributed by atoms with E-state index in [1.807, 2.05) is 25.1 Å². The summed E-state index contributed by atoms with van der Waals surface area (Å²) in [6.07, 6.45) is 6.83. The van der Waals surface area contributed by atoms with Gasteiger partial charge in [-0.1, -0.05) is 6.07 Å². The van der Waals surface area contributed by atoms with Crippen molar-refractivity contribution in [1.29, 1.82) is 0 Å². The van der Waals surface area contributed by atoms with Crippen LogP contribution >= 0.6 is 0 Å². The number of ether oxygens (including phenoxy) is 1. The number of benzene rings is 1. The van der Waals surface area contributed by atoms with E-state index >= 15 is 0 Å². The maximum Gasteiger partial charge on any atom is 0.226 e. The van der Waals surface area contributed by atoms with Crippen LogP contribution in [0, 0.1) is 6.92 Å². The van der Waals surface area contributed by atoms with E-state index in [-0.39, 0.29) is 11.8 Å². The summed E-state index contributed by atoms with van der Waals surface area (Å²) in [7, 11) is 0. The molecular formula is C19H26N2O3. The number of amides is 2. The number of nitrogens with one attached hydrogen (secondary N) is 1. The molecule has 1 aliphatic heterocycles. The fourth-order valence-electron chi connectivity index (χ4n) is 3.45. The molecule has 5 nitrogen and oxygen atoms in total. The van der Waals surface area contributed by atoms with Crippen molar-refractivity contribution >= 4 is 17.5 Å². The van der Waals surface area contributed by atoms with Gasteiger partial charge in [-0.3, -0.25) is 9.59 Å². The summed E-state index contributed by atoms with van der Waals surface area (Å²) in [4.78, 5) is 25.6. The Morgan fingerprint density at radius 1 is 1.29 bits per heavy atom. The number of likely N-dealkylation sites (tertiary alicyclic amines) is 1. The summed E-state index contributed by atoms with van der Waals surface area (Å²) in [5.41, 5.74) is 1.76. The highest BCUT2D eigenvalue weighted by Gasteiger charge is 2.21. The standard InChI is InChI=1S/C19H26N2O3/c1-14-16(8-4-9-17(14)24-15-6-2-3-7-15)20-18(22)11-13-21-12-5-10-19(21)23/h4,8-9,15H,2-3,5-7,10-13H2,1H3,(H,20,22). The molecule has 1 saturated carbocycles. The van der Waals surface area contributed by atoms with Crippen LogP contribution < -0.4 is 10.1 Å². The number of nitrogens with zero attached hydrogens (tertiary/aromatic N) is 1. The molecule has 1 aliphatic carbocycles. The highest BCUT2D eigenvalue weighted by molar-refractivity contribution is 5.92. The van der Waals surface area contributed by atoms with Crippen molar-refractivity contribution in [2.45, 2.75) is 58.0 Å². The van der Waals surface area contributed by atoms with Gasteiger partial charge in [-0.2, -0.15) is 0 Å². The minimum Gasteiger partial charge on any atom is -0.490 e. The summed E-state index contributed by atoms with van der Waals surface area (Å²) in [6, 6.07) is 5.78. The van der Waals surface area contributed by atoms with Gasteiger partial charge in [0.05, 0.1) is 6.10 Å². The lowest BCUT2D eigenvalue weighted by Gasteiger charge is -2.18. The largest absolute Gasteiger partial charge is 0.490 e. The highest BCUT2D eigenvalue weighted by Crippen LogP contribution is 2.30. The first-order valence-corrected chi connectivity index (χ1v) is 8.97. The fraction of sp³-hybridized carbons (Fsp3) is 0.579. The number of carbonyl (C=O) groups excluding carboxylic acids is 2. The zero-order valence-electron chi connectivity index (χ0n) is 14.3. The topological polar surface area (TPSA) is 58.6 Å². The molecule has 5 heteroatoms. The van der Waals surface area contributed by atoms with E-state index in [0.29, 0.717) is 25.5 Å². The van der Waals surface area contributed by atoms with Crippen LogP contribution in [0.15, 0.2) is 18.2 Å². The summed E-state index contributed by atoms with van der Waals surface area (Å²) < 4.78 is 6.08. The molecule has 0 bridgehead atoms. The van der Waals surface area contributed by atoms with E-state index in [1.165, 1.54) is 12.8 Å². The van der Waals surface area contributed by atoms with Crippen molar-refractivity contribution < 1.29 is 14.3 Å². The number of rotatable bonds is 6. The number of anilines is 1. The van der Waals surface area contributed by atoms with Crippen LogP contribution in [0.5, 0.6) is 5.75 Å². The van der Waals surface area contributed by atoms with E-state index in [9.17, 15) is 9.59 Å². The van der Waals surface area contributed by atoms with E-state index in [2.05, 4.69) is 5.32 Å². The SMILES string of the molecule is Cc1c(NC(=O)CCN2CCCC2=O)cccc1OC1CCCC1. The Kier molecular flexibility index (Phi) is 5.38. The molecule has 2 amide bonds. The highest BCUT2D eigenvalue weighted by atomic mass is 16.5. The Bertz CT molecular complexity index is 609. The van der Waals surface area contributed by atoms with E-state index < -0.39 is 0 Å². The second-order valence-corrected chi connectivity index (χ2v) is 6.74. The van der Waals surface area contributed by atoms with Crippen molar-refractivity contribution in [2.75, 3.05) is 18.4 Å². The second kappa shape index (κ2) is 7.69. The van der Waals surface area contributed by atoms with Gasteiger partial charge < -0.3 is 15.0 Å². The summed E-state index contributed by atoms with van der Waals surface area (Å²) in [5, 5.41) is 2.96. The van der Waals surface area contributed by atoms with Crippen molar-refractivity contribution in [3.63, 3.8) is 0 Å². The fourth-order valence-corrected chi connectivity index (χ4v) is 3.45. The van der Waals surface area contributed by atoms with Gasteiger partial charge in [0.15, 0.2) is 0 Å². The molecular weight excluding hydrogens is 304 g/mol. The van der Waals surface area contributed by atoms with Gasteiger partial charge in [-0.05, 0) is 51.2 Å². The maximum absolute atomic E-state index is 12.2. The molecule has 2 aliphatic rings. The van der Waals surface area contributed by atoms with Crippen LogP contribution in [-0.2, 0) is 9.59 Å². The minimum atomic E-state index is -0.0594. The molecule has 0 radical (unpaired) electrons. The maximum atomic E-state index is 12.2. The summed E-state index contributed by atoms with van der Waals surface area (Å²) in [6.45, 7) is 3.25. The molecule has 3 rings (SSSR count). The molecule has 0 unspecified atom stereocenters. The number of hydrogen-bond acceptors (Lipinski definition) is 3. The first-order valence-electron chi connectivity index (χ1n) is 8.97. The number of hydrogen-bond donors (Lipinski definition) is 1. The Hall–Kier alpha value is -2.04. The molecule has 1 N–H and O–H groups in total. The normalized spacial score (nSPS) is 18.2. The molecule has 130 valence electrons. The van der Waals surface area contributed by atoms with Gasteiger partial charge in [-0.25, -0.2) is 0 Å². The van der Waals surface area contributed by atoms with Crippen LogP contribution in [0.1, 0.15) is 50.5 Å². The molecule has 1 saturated heterocycles. The quantitative estimate of drug-likeness (QED) is 0.871. The molecule has 1 heterocycles. The van der Waals surface area contributed by atoms with Gasteiger partial charge in [0.1, 0.15) is 5.75 Å². The van der Waals surface area contributed by atoms with Crippen molar-refractivity contribution in [1.82, 2.24) is 4.90 Å². The van der Waals surface area contributed by atoms with Crippen LogP contribution in [0.3, 0.4) is 0 Å². The van der Waals surface area contributed by atoms with Crippen molar-refractivity contribution in [2.24, 2.45) is 0 Å².